The Hall–Kier alpha value is -2.58. The summed E-state index contributed by atoms with van der Waals surface area (Å²) in [7, 11) is 0. The number of hydrogen-bond donors (Lipinski definition) is 0. The third-order valence-electron chi connectivity index (χ3n) is 6.01. The maximum Gasteiger partial charge on any atom is 0.273 e. The number of carbonyl (C=O) groups is 1. The SMILES string of the molecule is CCc1cc(C(=O)N2CCc3sc(C)cc3C2C)nc2cc(-c3ccc(Br)cc3F)nn12. The van der Waals surface area contributed by atoms with Crippen molar-refractivity contribution in [2.75, 3.05) is 6.54 Å². The van der Waals surface area contributed by atoms with Gasteiger partial charge in [-0.3, -0.25) is 4.79 Å². The highest BCUT2D eigenvalue weighted by Crippen LogP contribution is 2.36. The van der Waals surface area contributed by atoms with Gasteiger partial charge in [-0.1, -0.05) is 22.9 Å². The fraction of sp³-hybridized carbons (Fsp3) is 0.292. The van der Waals surface area contributed by atoms with Crippen molar-refractivity contribution >= 4 is 38.8 Å². The lowest BCUT2D eigenvalue weighted by molar-refractivity contribution is 0.0673. The van der Waals surface area contributed by atoms with E-state index in [1.54, 1.807) is 22.7 Å². The van der Waals surface area contributed by atoms with Crippen LogP contribution in [0.15, 0.2) is 40.9 Å². The molecule has 5 rings (SSSR count). The molecule has 0 saturated heterocycles. The standard InChI is InChI=1S/C24H22BrFN4OS/c1-4-16-11-21(24(31)29-8-7-22-18(14(29)3)9-13(2)32-22)27-23-12-20(28-30(16)23)17-6-5-15(25)10-19(17)26/h5-6,9-12,14H,4,7-8H2,1-3H3. The Kier molecular flexibility index (Phi) is 5.37. The molecule has 1 aliphatic heterocycles. The van der Waals surface area contributed by atoms with Crippen LogP contribution in [0.1, 0.15) is 51.4 Å². The van der Waals surface area contributed by atoms with Crippen LogP contribution in [0.4, 0.5) is 4.39 Å². The van der Waals surface area contributed by atoms with Gasteiger partial charge in [0.1, 0.15) is 11.5 Å². The third-order valence-corrected chi connectivity index (χ3v) is 7.63. The van der Waals surface area contributed by atoms with Gasteiger partial charge in [-0.2, -0.15) is 5.10 Å². The van der Waals surface area contributed by atoms with E-state index in [1.165, 1.54) is 21.4 Å². The molecule has 164 valence electrons. The Morgan fingerprint density at radius 1 is 1.28 bits per heavy atom. The predicted octanol–water partition coefficient (Wildman–Crippen LogP) is 5.99. The zero-order valence-electron chi connectivity index (χ0n) is 18.0. The number of hydrogen-bond acceptors (Lipinski definition) is 4. The second-order valence-corrected chi connectivity index (χ2v) is 10.3. The lowest BCUT2D eigenvalue weighted by atomic mass is 10.0. The smallest absolute Gasteiger partial charge is 0.273 e. The fourth-order valence-electron chi connectivity index (χ4n) is 4.37. The number of rotatable bonds is 3. The minimum Gasteiger partial charge on any atom is -0.330 e. The zero-order chi connectivity index (χ0) is 22.6. The van der Waals surface area contributed by atoms with Gasteiger partial charge in [0, 0.05) is 38.1 Å². The Labute approximate surface area is 198 Å². The molecule has 1 atom stereocenters. The van der Waals surface area contributed by atoms with Crippen LogP contribution in [0.5, 0.6) is 0 Å². The topological polar surface area (TPSA) is 50.5 Å². The van der Waals surface area contributed by atoms with Crippen molar-refractivity contribution in [3.8, 4) is 11.3 Å². The summed E-state index contributed by atoms with van der Waals surface area (Å²) in [6.07, 6.45) is 1.54. The minimum atomic E-state index is -0.360. The van der Waals surface area contributed by atoms with Gasteiger partial charge in [-0.25, -0.2) is 13.9 Å². The van der Waals surface area contributed by atoms with Crippen LogP contribution in [0.25, 0.3) is 16.9 Å². The normalized spacial score (nSPS) is 15.9. The van der Waals surface area contributed by atoms with Crippen molar-refractivity contribution in [3.63, 3.8) is 0 Å². The van der Waals surface area contributed by atoms with E-state index in [4.69, 9.17) is 0 Å². The predicted molar refractivity (Wildman–Crippen MR) is 128 cm³/mol. The van der Waals surface area contributed by atoms with E-state index in [-0.39, 0.29) is 17.8 Å². The molecule has 1 aliphatic rings. The summed E-state index contributed by atoms with van der Waals surface area (Å²) < 4.78 is 16.9. The molecule has 5 nitrogen and oxygen atoms in total. The van der Waals surface area contributed by atoms with Gasteiger partial charge in [0.25, 0.3) is 5.91 Å². The van der Waals surface area contributed by atoms with E-state index in [0.29, 0.717) is 40.0 Å². The van der Waals surface area contributed by atoms with Crippen LogP contribution in [0.3, 0.4) is 0 Å². The first-order chi connectivity index (χ1) is 15.4. The van der Waals surface area contributed by atoms with Crippen molar-refractivity contribution in [2.24, 2.45) is 0 Å². The van der Waals surface area contributed by atoms with Crippen molar-refractivity contribution in [3.05, 3.63) is 73.4 Å². The number of carbonyl (C=O) groups excluding carboxylic acids is 1. The first-order valence-electron chi connectivity index (χ1n) is 10.6. The number of thiophene rings is 1. The summed E-state index contributed by atoms with van der Waals surface area (Å²) in [5.74, 6) is -0.442. The number of aromatic nitrogens is 3. The molecule has 0 bridgehead atoms. The van der Waals surface area contributed by atoms with Crippen molar-refractivity contribution in [2.45, 2.75) is 39.7 Å². The van der Waals surface area contributed by atoms with Gasteiger partial charge in [0.15, 0.2) is 5.65 Å². The highest BCUT2D eigenvalue weighted by Gasteiger charge is 2.31. The molecule has 8 heteroatoms. The number of halogens is 2. The van der Waals surface area contributed by atoms with Gasteiger partial charge in [0.05, 0.1) is 11.7 Å². The Morgan fingerprint density at radius 2 is 2.09 bits per heavy atom. The monoisotopic (exact) mass is 512 g/mol. The Balaban J connectivity index is 1.54. The Morgan fingerprint density at radius 3 is 2.84 bits per heavy atom. The summed E-state index contributed by atoms with van der Waals surface area (Å²) >= 11 is 5.10. The number of aryl methyl sites for hydroxylation is 2. The van der Waals surface area contributed by atoms with E-state index in [9.17, 15) is 9.18 Å². The fourth-order valence-corrected chi connectivity index (χ4v) is 5.81. The van der Waals surface area contributed by atoms with Crippen molar-refractivity contribution < 1.29 is 9.18 Å². The highest BCUT2D eigenvalue weighted by molar-refractivity contribution is 9.10. The quantitative estimate of drug-likeness (QED) is 0.338. The number of amides is 1. The summed E-state index contributed by atoms with van der Waals surface area (Å²) in [5.41, 5.74) is 3.94. The summed E-state index contributed by atoms with van der Waals surface area (Å²) in [6, 6.07) is 10.6. The maximum absolute atomic E-state index is 14.5. The first kappa shape index (κ1) is 21.3. The molecule has 0 fully saturated rings. The lowest BCUT2D eigenvalue weighted by Gasteiger charge is -2.33. The lowest BCUT2D eigenvalue weighted by Crippen LogP contribution is -2.38. The molecular weight excluding hydrogens is 491 g/mol. The third kappa shape index (κ3) is 3.55. The molecule has 1 amide bonds. The van der Waals surface area contributed by atoms with E-state index < -0.39 is 0 Å². The molecule has 4 aromatic rings. The highest BCUT2D eigenvalue weighted by atomic mass is 79.9. The van der Waals surface area contributed by atoms with Gasteiger partial charge >= 0.3 is 0 Å². The molecule has 4 heterocycles. The second-order valence-electron chi connectivity index (χ2n) is 8.07. The molecule has 0 radical (unpaired) electrons. The zero-order valence-corrected chi connectivity index (χ0v) is 20.4. The minimum absolute atomic E-state index is 0.0108. The van der Waals surface area contributed by atoms with Crippen LogP contribution >= 0.6 is 27.3 Å². The first-order valence-corrected chi connectivity index (χ1v) is 12.2. The summed E-state index contributed by atoms with van der Waals surface area (Å²) in [5, 5.41) is 4.58. The number of benzene rings is 1. The molecule has 1 aromatic carbocycles. The molecule has 0 spiro atoms. The molecule has 1 unspecified atom stereocenters. The van der Waals surface area contributed by atoms with Crippen molar-refractivity contribution in [1.82, 2.24) is 19.5 Å². The van der Waals surface area contributed by atoms with E-state index in [2.05, 4.69) is 45.9 Å². The van der Waals surface area contributed by atoms with E-state index in [0.717, 1.165) is 12.1 Å². The average Bonchev–Trinajstić information content (AvgIpc) is 3.36. The van der Waals surface area contributed by atoms with E-state index in [1.807, 2.05) is 29.2 Å². The van der Waals surface area contributed by atoms with Crippen LogP contribution < -0.4 is 0 Å². The average molecular weight is 513 g/mol. The molecule has 0 N–H and O–H groups in total. The Bertz CT molecular complexity index is 1360. The molecule has 32 heavy (non-hydrogen) atoms. The largest absolute Gasteiger partial charge is 0.330 e. The van der Waals surface area contributed by atoms with Gasteiger partial charge < -0.3 is 4.90 Å². The summed E-state index contributed by atoms with van der Waals surface area (Å²) in [6.45, 7) is 6.87. The van der Waals surface area contributed by atoms with Gasteiger partial charge in [-0.15, -0.1) is 11.3 Å². The molecule has 3 aromatic heterocycles. The van der Waals surface area contributed by atoms with Gasteiger partial charge in [-0.05, 0) is 62.6 Å². The van der Waals surface area contributed by atoms with Gasteiger partial charge in [0.2, 0.25) is 0 Å². The second kappa shape index (κ2) is 8.08. The summed E-state index contributed by atoms with van der Waals surface area (Å²) in [4.78, 5) is 22.7. The van der Waals surface area contributed by atoms with E-state index >= 15 is 0 Å². The van der Waals surface area contributed by atoms with Crippen LogP contribution in [0, 0.1) is 12.7 Å². The van der Waals surface area contributed by atoms with Crippen LogP contribution in [0.2, 0.25) is 0 Å². The molecular formula is C24H22BrFN4OS. The number of nitrogens with zero attached hydrogens (tertiary/aromatic N) is 4. The number of fused-ring (bicyclic) bond motifs is 2. The van der Waals surface area contributed by atoms with Crippen LogP contribution in [-0.2, 0) is 12.8 Å². The maximum atomic E-state index is 14.5. The van der Waals surface area contributed by atoms with Crippen LogP contribution in [-0.4, -0.2) is 31.9 Å². The molecule has 0 aliphatic carbocycles. The molecule has 0 saturated carbocycles. The van der Waals surface area contributed by atoms with Crippen molar-refractivity contribution in [1.29, 1.82) is 0 Å².